The van der Waals surface area contributed by atoms with Crippen LogP contribution in [0.5, 0.6) is 0 Å². The van der Waals surface area contributed by atoms with E-state index in [1.54, 1.807) is 31.3 Å². The van der Waals surface area contributed by atoms with Crippen molar-refractivity contribution < 1.29 is 22.8 Å². The Morgan fingerprint density at radius 3 is 2.29 bits per heavy atom. The number of halogens is 3. The second-order valence-electron chi connectivity index (χ2n) is 7.94. The first-order valence-corrected chi connectivity index (χ1v) is 10.7. The fraction of sp³-hybridized carbons (Fsp3) is 0.320. The molecular formula is C25H29F3N4O2. The number of aryl methyl sites for hydroxylation is 2. The number of carbonyl (C=O) groups excluding carboxylic acids is 2. The molecule has 2 amide bonds. The highest BCUT2D eigenvalue weighted by atomic mass is 19.4. The number of allylic oxidation sites excluding steroid dienone is 3. The van der Waals surface area contributed by atoms with Gasteiger partial charge < -0.3 is 15.5 Å². The molecule has 0 unspecified atom stereocenters. The second kappa shape index (κ2) is 12.0. The van der Waals surface area contributed by atoms with Crippen LogP contribution in [0.25, 0.3) is 0 Å². The maximum Gasteiger partial charge on any atom is 0.431 e. The summed E-state index contributed by atoms with van der Waals surface area (Å²) < 4.78 is 39.4. The standard InChI is InChI=1S/C25H29F3N4O2/c1-5-19(15-22(32(3)4)25(26,27)28)30-23(33)8-6-7-18-10-12-20(13-11-18)31-24(34)21-14-9-17(2)16-29-21/h5,9-16H,6-8H2,1-4H3,(H,30,33)(H,31,34)/b19-5?,22-15-. The average Bonchev–Trinajstić information content (AvgIpc) is 2.77. The highest BCUT2D eigenvalue weighted by molar-refractivity contribution is 6.02. The van der Waals surface area contributed by atoms with Crippen molar-refractivity contribution in [3.8, 4) is 0 Å². The van der Waals surface area contributed by atoms with Crippen LogP contribution in [0, 0.1) is 6.92 Å². The van der Waals surface area contributed by atoms with Gasteiger partial charge in [-0.15, -0.1) is 0 Å². The lowest BCUT2D eigenvalue weighted by atomic mass is 10.1. The van der Waals surface area contributed by atoms with Crippen LogP contribution in [-0.2, 0) is 11.2 Å². The molecule has 0 atom stereocenters. The molecule has 34 heavy (non-hydrogen) atoms. The molecule has 0 radical (unpaired) electrons. The quantitative estimate of drug-likeness (QED) is 0.502. The van der Waals surface area contributed by atoms with E-state index < -0.39 is 11.9 Å². The van der Waals surface area contributed by atoms with Crippen LogP contribution >= 0.6 is 0 Å². The van der Waals surface area contributed by atoms with Crippen molar-refractivity contribution in [1.29, 1.82) is 0 Å². The van der Waals surface area contributed by atoms with Gasteiger partial charge in [-0.25, -0.2) is 0 Å². The minimum Gasteiger partial charge on any atom is -0.374 e. The van der Waals surface area contributed by atoms with Gasteiger partial charge in [0, 0.05) is 38.1 Å². The van der Waals surface area contributed by atoms with Crippen molar-refractivity contribution in [2.45, 2.75) is 39.3 Å². The summed E-state index contributed by atoms with van der Waals surface area (Å²) >= 11 is 0. The smallest absolute Gasteiger partial charge is 0.374 e. The van der Waals surface area contributed by atoms with Gasteiger partial charge in [-0.1, -0.05) is 24.3 Å². The van der Waals surface area contributed by atoms with Gasteiger partial charge in [0.15, 0.2) is 0 Å². The molecule has 0 saturated heterocycles. The van der Waals surface area contributed by atoms with Crippen LogP contribution in [0.2, 0.25) is 0 Å². The van der Waals surface area contributed by atoms with Crippen molar-refractivity contribution in [2.24, 2.45) is 0 Å². The molecule has 9 heteroatoms. The summed E-state index contributed by atoms with van der Waals surface area (Å²) in [6, 6.07) is 10.7. The number of alkyl halides is 3. The Hall–Kier alpha value is -3.62. The molecule has 2 aromatic rings. The molecular weight excluding hydrogens is 445 g/mol. The molecule has 0 spiro atoms. The summed E-state index contributed by atoms with van der Waals surface area (Å²) in [5.74, 6) is -0.666. The highest BCUT2D eigenvalue weighted by Crippen LogP contribution is 2.27. The Kier molecular flexibility index (Phi) is 9.41. The Morgan fingerprint density at radius 2 is 1.76 bits per heavy atom. The third kappa shape index (κ3) is 8.38. The van der Waals surface area contributed by atoms with Gasteiger partial charge in [0.05, 0.1) is 0 Å². The number of hydrogen-bond acceptors (Lipinski definition) is 4. The van der Waals surface area contributed by atoms with Crippen LogP contribution in [-0.4, -0.2) is 42.0 Å². The molecule has 1 heterocycles. The predicted molar refractivity (Wildman–Crippen MR) is 126 cm³/mol. The number of benzene rings is 1. The molecule has 1 aromatic heterocycles. The van der Waals surface area contributed by atoms with Crippen molar-refractivity contribution >= 4 is 17.5 Å². The number of rotatable bonds is 9. The first-order valence-electron chi connectivity index (χ1n) is 10.7. The van der Waals surface area contributed by atoms with E-state index in [0.29, 0.717) is 24.2 Å². The van der Waals surface area contributed by atoms with Crippen molar-refractivity contribution in [3.05, 3.63) is 83.0 Å². The first kappa shape index (κ1) is 26.6. The van der Waals surface area contributed by atoms with Gasteiger partial charge in [0.25, 0.3) is 5.91 Å². The zero-order valence-electron chi connectivity index (χ0n) is 19.7. The molecule has 0 aliphatic heterocycles. The topological polar surface area (TPSA) is 74.3 Å². The number of nitrogens with one attached hydrogen (secondary N) is 2. The summed E-state index contributed by atoms with van der Waals surface area (Å²) in [6.07, 6.45) is 0.723. The van der Waals surface area contributed by atoms with Crippen LogP contribution < -0.4 is 10.6 Å². The Morgan fingerprint density at radius 1 is 1.09 bits per heavy atom. The normalized spacial score (nSPS) is 12.3. The van der Waals surface area contributed by atoms with Gasteiger partial charge in [0.2, 0.25) is 5.91 Å². The minimum atomic E-state index is -4.52. The van der Waals surface area contributed by atoms with Crippen LogP contribution in [0.15, 0.2) is 66.1 Å². The summed E-state index contributed by atoms with van der Waals surface area (Å²) in [4.78, 5) is 29.5. The van der Waals surface area contributed by atoms with E-state index in [1.165, 1.54) is 20.2 Å². The fourth-order valence-corrected chi connectivity index (χ4v) is 3.03. The lowest BCUT2D eigenvalue weighted by Crippen LogP contribution is -2.28. The molecule has 2 rings (SSSR count). The second-order valence-corrected chi connectivity index (χ2v) is 7.94. The Labute approximate surface area is 197 Å². The van der Waals surface area contributed by atoms with E-state index in [2.05, 4.69) is 15.6 Å². The fourth-order valence-electron chi connectivity index (χ4n) is 3.03. The molecule has 0 aliphatic rings. The molecule has 0 fully saturated rings. The first-order chi connectivity index (χ1) is 16.0. The van der Waals surface area contributed by atoms with E-state index in [9.17, 15) is 22.8 Å². The van der Waals surface area contributed by atoms with Crippen LogP contribution in [0.3, 0.4) is 0 Å². The molecule has 2 N–H and O–H groups in total. The van der Waals surface area contributed by atoms with Crippen molar-refractivity contribution in [3.63, 3.8) is 0 Å². The Balaban J connectivity index is 1.85. The van der Waals surface area contributed by atoms with Gasteiger partial charge >= 0.3 is 6.18 Å². The minimum absolute atomic E-state index is 0.0918. The zero-order chi connectivity index (χ0) is 25.3. The van der Waals surface area contributed by atoms with Crippen molar-refractivity contribution in [1.82, 2.24) is 15.2 Å². The van der Waals surface area contributed by atoms with Crippen LogP contribution in [0.4, 0.5) is 18.9 Å². The third-order valence-electron chi connectivity index (χ3n) is 4.88. The summed E-state index contributed by atoms with van der Waals surface area (Å²) in [6.45, 7) is 3.45. The highest BCUT2D eigenvalue weighted by Gasteiger charge is 2.35. The molecule has 0 bridgehead atoms. The number of anilines is 1. The number of amides is 2. The van der Waals surface area contributed by atoms with Gasteiger partial charge in [-0.05, 0) is 62.1 Å². The molecule has 182 valence electrons. The van der Waals surface area contributed by atoms with E-state index in [1.807, 2.05) is 25.1 Å². The summed E-state index contributed by atoms with van der Waals surface area (Å²) in [5.41, 5.74) is 2.12. The van der Waals surface area contributed by atoms with E-state index in [0.717, 1.165) is 22.1 Å². The lowest BCUT2D eigenvalue weighted by molar-refractivity contribution is -0.120. The van der Waals surface area contributed by atoms with Crippen LogP contribution in [0.1, 0.15) is 41.4 Å². The molecule has 1 aromatic carbocycles. The molecule has 6 nitrogen and oxygen atoms in total. The third-order valence-corrected chi connectivity index (χ3v) is 4.88. The summed E-state index contributed by atoms with van der Waals surface area (Å²) in [5, 5.41) is 5.31. The predicted octanol–water partition coefficient (Wildman–Crippen LogP) is 4.99. The van der Waals surface area contributed by atoms with E-state index >= 15 is 0 Å². The average molecular weight is 475 g/mol. The maximum atomic E-state index is 13.1. The maximum absolute atomic E-state index is 13.1. The number of hydrogen-bond donors (Lipinski definition) is 2. The van der Waals surface area contributed by atoms with Gasteiger partial charge in [0.1, 0.15) is 11.4 Å². The SMILES string of the molecule is CC=C(/C=C(\N(C)C)C(F)(F)F)NC(=O)CCCc1ccc(NC(=O)c2ccc(C)cn2)cc1. The summed E-state index contributed by atoms with van der Waals surface area (Å²) in [7, 11) is 2.59. The van der Waals surface area contributed by atoms with Gasteiger partial charge in [-0.2, -0.15) is 13.2 Å². The zero-order valence-corrected chi connectivity index (χ0v) is 19.7. The number of carbonyl (C=O) groups is 2. The van der Waals surface area contributed by atoms with Gasteiger partial charge in [-0.3, -0.25) is 14.6 Å². The Bertz CT molecular complexity index is 1040. The van der Waals surface area contributed by atoms with Crippen molar-refractivity contribution in [2.75, 3.05) is 19.4 Å². The number of aromatic nitrogens is 1. The van der Waals surface area contributed by atoms with E-state index in [-0.39, 0.29) is 23.9 Å². The monoisotopic (exact) mass is 474 g/mol. The number of nitrogens with zero attached hydrogens (tertiary/aromatic N) is 2. The number of pyridine rings is 1. The van der Waals surface area contributed by atoms with E-state index in [4.69, 9.17) is 0 Å². The lowest BCUT2D eigenvalue weighted by Gasteiger charge is -2.20. The molecule has 0 aliphatic carbocycles. The largest absolute Gasteiger partial charge is 0.431 e. The molecule has 0 saturated carbocycles.